The molecule has 156 valence electrons. The summed E-state index contributed by atoms with van der Waals surface area (Å²) in [5.41, 5.74) is 0.984. The SMILES string of the molecule is CN1CCN(CCCNC(=O)C2CCN(Cc3c(Cl)cccc3Cl)CC2)CC1. The topological polar surface area (TPSA) is 38.8 Å². The van der Waals surface area contributed by atoms with Crippen LogP contribution in [0, 0.1) is 5.92 Å². The zero-order valence-electron chi connectivity index (χ0n) is 16.8. The van der Waals surface area contributed by atoms with Gasteiger partial charge in [-0.25, -0.2) is 0 Å². The highest BCUT2D eigenvalue weighted by Crippen LogP contribution is 2.27. The molecule has 0 aliphatic carbocycles. The zero-order chi connectivity index (χ0) is 19.9. The number of carbonyl (C=O) groups is 1. The molecule has 1 aromatic carbocycles. The molecule has 1 amide bonds. The molecule has 1 aromatic rings. The highest BCUT2D eigenvalue weighted by molar-refractivity contribution is 6.35. The molecule has 7 heteroatoms. The maximum Gasteiger partial charge on any atom is 0.223 e. The molecule has 0 unspecified atom stereocenters. The Hall–Kier alpha value is -0.850. The fourth-order valence-corrected chi connectivity index (χ4v) is 4.51. The normalized spacial score (nSPS) is 20.4. The Morgan fingerprint density at radius 3 is 2.32 bits per heavy atom. The molecule has 0 aromatic heterocycles. The predicted molar refractivity (Wildman–Crippen MR) is 116 cm³/mol. The molecule has 2 fully saturated rings. The molecule has 2 aliphatic rings. The monoisotopic (exact) mass is 426 g/mol. The quantitative estimate of drug-likeness (QED) is 0.680. The van der Waals surface area contributed by atoms with E-state index in [9.17, 15) is 4.79 Å². The van der Waals surface area contributed by atoms with E-state index in [1.165, 1.54) is 0 Å². The average molecular weight is 427 g/mol. The Labute approximate surface area is 178 Å². The van der Waals surface area contributed by atoms with Crippen molar-refractivity contribution in [2.75, 3.05) is 59.4 Å². The molecule has 1 N–H and O–H groups in total. The second-order valence-corrected chi connectivity index (χ2v) is 8.85. The smallest absolute Gasteiger partial charge is 0.223 e. The van der Waals surface area contributed by atoms with Crippen molar-refractivity contribution in [2.45, 2.75) is 25.8 Å². The molecule has 5 nitrogen and oxygen atoms in total. The molecule has 0 bridgehead atoms. The van der Waals surface area contributed by atoms with Crippen LogP contribution in [-0.4, -0.2) is 80.0 Å². The van der Waals surface area contributed by atoms with Gasteiger partial charge in [0, 0.05) is 60.8 Å². The van der Waals surface area contributed by atoms with Crippen molar-refractivity contribution in [3.8, 4) is 0 Å². The number of nitrogens with zero attached hydrogens (tertiary/aromatic N) is 3. The van der Waals surface area contributed by atoms with Crippen molar-refractivity contribution >= 4 is 29.1 Å². The third-order valence-electron chi connectivity index (χ3n) is 5.95. The van der Waals surface area contributed by atoms with E-state index in [0.29, 0.717) is 10.0 Å². The fraction of sp³-hybridized carbons (Fsp3) is 0.667. The largest absolute Gasteiger partial charge is 0.356 e. The lowest BCUT2D eigenvalue weighted by molar-refractivity contribution is -0.126. The first kappa shape index (κ1) is 21.8. The number of nitrogens with one attached hydrogen (secondary N) is 1. The minimum atomic E-state index is 0.126. The highest BCUT2D eigenvalue weighted by Gasteiger charge is 2.25. The minimum absolute atomic E-state index is 0.126. The van der Waals surface area contributed by atoms with Gasteiger partial charge in [0.15, 0.2) is 0 Å². The summed E-state index contributed by atoms with van der Waals surface area (Å²) in [6, 6.07) is 5.63. The fourth-order valence-electron chi connectivity index (χ4n) is 3.99. The first-order valence-electron chi connectivity index (χ1n) is 10.4. The van der Waals surface area contributed by atoms with Crippen LogP contribution in [0.2, 0.25) is 10.0 Å². The Balaban J connectivity index is 1.32. The van der Waals surface area contributed by atoms with Crippen LogP contribution in [0.25, 0.3) is 0 Å². The second kappa shape index (κ2) is 10.8. The van der Waals surface area contributed by atoms with E-state index in [1.54, 1.807) is 0 Å². The summed E-state index contributed by atoms with van der Waals surface area (Å²) in [5, 5.41) is 4.58. The van der Waals surface area contributed by atoms with Crippen molar-refractivity contribution in [2.24, 2.45) is 5.92 Å². The summed E-state index contributed by atoms with van der Waals surface area (Å²) in [7, 11) is 2.17. The molecule has 2 aliphatic heterocycles. The number of carbonyl (C=O) groups excluding carboxylic acids is 1. The number of hydrogen-bond donors (Lipinski definition) is 1. The van der Waals surface area contributed by atoms with E-state index in [2.05, 4.69) is 27.1 Å². The van der Waals surface area contributed by atoms with Crippen LogP contribution in [-0.2, 0) is 11.3 Å². The lowest BCUT2D eigenvalue weighted by Gasteiger charge is -2.32. The van der Waals surface area contributed by atoms with Gasteiger partial charge in [0.1, 0.15) is 0 Å². The van der Waals surface area contributed by atoms with E-state index >= 15 is 0 Å². The maximum atomic E-state index is 12.5. The number of amides is 1. The number of halogens is 2. The second-order valence-electron chi connectivity index (χ2n) is 8.04. The number of piperidine rings is 1. The number of benzene rings is 1. The van der Waals surface area contributed by atoms with Crippen molar-refractivity contribution in [3.63, 3.8) is 0 Å². The summed E-state index contributed by atoms with van der Waals surface area (Å²) in [6.07, 6.45) is 2.82. The molecule has 0 spiro atoms. The number of piperazine rings is 1. The van der Waals surface area contributed by atoms with Crippen LogP contribution in [0.4, 0.5) is 0 Å². The lowest BCUT2D eigenvalue weighted by atomic mass is 9.95. The third kappa shape index (κ3) is 6.33. The van der Waals surface area contributed by atoms with Crippen LogP contribution < -0.4 is 5.32 Å². The van der Waals surface area contributed by atoms with Gasteiger partial charge in [-0.3, -0.25) is 9.69 Å². The van der Waals surface area contributed by atoms with Crippen molar-refractivity contribution in [3.05, 3.63) is 33.8 Å². The van der Waals surface area contributed by atoms with E-state index in [1.807, 2.05) is 18.2 Å². The van der Waals surface area contributed by atoms with Gasteiger partial charge >= 0.3 is 0 Å². The predicted octanol–water partition coefficient (Wildman–Crippen LogP) is 2.96. The molecule has 0 radical (unpaired) electrons. The molecule has 2 heterocycles. The number of hydrogen-bond acceptors (Lipinski definition) is 4. The zero-order valence-corrected chi connectivity index (χ0v) is 18.3. The van der Waals surface area contributed by atoms with Gasteiger partial charge in [0.25, 0.3) is 0 Å². The first-order valence-corrected chi connectivity index (χ1v) is 11.1. The van der Waals surface area contributed by atoms with Gasteiger partial charge in [0.2, 0.25) is 5.91 Å². The van der Waals surface area contributed by atoms with E-state index in [0.717, 1.165) is 83.7 Å². The Kier molecular flexibility index (Phi) is 8.42. The molecule has 28 heavy (non-hydrogen) atoms. The number of likely N-dealkylation sites (N-methyl/N-ethyl adjacent to an activating group) is 1. The Morgan fingerprint density at radius 1 is 1.04 bits per heavy atom. The Bertz CT molecular complexity index is 621. The molecular formula is C21H32Cl2N4O. The van der Waals surface area contributed by atoms with Crippen molar-refractivity contribution < 1.29 is 4.79 Å². The van der Waals surface area contributed by atoms with Crippen LogP contribution >= 0.6 is 23.2 Å². The van der Waals surface area contributed by atoms with E-state index in [-0.39, 0.29) is 11.8 Å². The van der Waals surface area contributed by atoms with Crippen molar-refractivity contribution in [1.29, 1.82) is 0 Å². The highest BCUT2D eigenvalue weighted by atomic mass is 35.5. The van der Waals surface area contributed by atoms with Gasteiger partial charge < -0.3 is 15.1 Å². The van der Waals surface area contributed by atoms with Gasteiger partial charge in [-0.1, -0.05) is 29.3 Å². The first-order chi connectivity index (χ1) is 13.5. The average Bonchev–Trinajstić information content (AvgIpc) is 2.70. The van der Waals surface area contributed by atoms with Gasteiger partial charge in [0.05, 0.1) is 0 Å². The third-order valence-corrected chi connectivity index (χ3v) is 6.66. The molecule has 0 saturated carbocycles. The van der Waals surface area contributed by atoms with E-state index in [4.69, 9.17) is 23.2 Å². The molecule has 0 atom stereocenters. The number of likely N-dealkylation sites (tertiary alicyclic amines) is 1. The van der Waals surface area contributed by atoms with Gasteiger partial charge in [-0.2, -0.15) is 0 Å². The Morgan fingerprint density at radius 2 is 1.68 bits per heavy atom. The lowest BCUT2D eigenvalue weighted by Crippen LogP contribution is -2.45. The van der Waals surface area contributed by atoms with Gasteiger partial charge in [-0.15, -0.1) is 0 Å². The maximum absolute atomic E-state index is 12.5. The van der Waals surface area contributed by atoms with Crippen LogP contribution in [0.15, 0.2) is 18.2 Å². The number of rotatable bonds is 7. The summed E-state index contributed by atoms with van der Waals surface area (Å²) in [6.45, 7) is 8.97. The summed E-state index contributed by atoms with van der Waals surface area (Å²) in [5.74, 6) is 0.343. The van der Waals surface area contributed by atoms with E-state index < -0.39 is 0 Å². The molecular weight excluding hydrogens is 395 g/mol. The van der Waals surface area contributed by atoms with Crippen LogP contribution in [0.5, 0.6) is 0 Å². The van der Waals surface area contributed by atoms with Crippen molar-refractivity contribution in [1.82, 2.24) is 20.0 Å². The standard InChI is InChI=1S/C21H32Cl2N4O/c1-25-12-14-26(15-13-25)9-3-8-24-21(28)17-6-10-27(11-7-17)16-18-19(22)4-2-5-20(18)23/h2,4-5,17H,3,6-16H2,1H3,(H,24,28). The summed E-state index contributed by atoms with van der Waals surface area (Å²) < 4.78 is 0. The summed E-state index contributed by atoms with van der Waals surface area (Å²) >= 11 is 12.6. The minimum Gasteiger partial charge on any atom is -0.356 e. The van der Waals surface area contributed by atoms with Crippen LogP contribution in [0.3, 0.4) is 0 Å². The summed E-state index contributed by atoms with van der Waals surface area (Å²) in [4.78, 5) is 19.7. The van der Waals surface area contributed by atoms with Gasteiger partial charge in [-0.05, 0) is 58.1 Å². The molecule has 2 saturated heterocycles. The molecule has 3 rings (SSSR count). The van der Waals surface area contributed by atoms with Crippen LogP contribution in [0.1, 0.15) is 24.8 Å².